The minimum absolute atomic E-state index is 0.0268. The monoisotopic (exact) mass is 358 g/mol. The van der Waals surface area contributed by atoms with Crippen LogP contribution < -0.4 is 5.32 Å². The van der Waals surface area contributed by atoms with Gasteiger partial charge in [0.15, 0.2) is 5.78 Å². The van der Waals surface area contributed by atoms with Gasteiger partial charge in [-0.3, -0.25) is 14.4 Å². The summed E-state index contributed by atoms with van der Waals surface area (Å²) in [6.45, 7) is 4.08. The van der Waals surface area contributed by atoms with Gasteiger partial charge in [0.05, 0.1) is 0 Å². The smallest absolute Gasteiger partial charge is 0.227 e. The molecule has 26 heavy (non-hydrogen) atoms. The van der Waals surface area contributed by atoms with Gasteiger partial charge in [-0.25, -0.2) is 0 Å². The molecule has 1 N–H and O–H groups in total. The second kappa shape index (κ2) is 8.45. The number of rotatable bonds is 4. The van der Waals surface area contributed by atoms with Gasteiger partial charge in [-0.05, 0) is 44.7 Å². The van der Waals surface area contributed by atoms with E-state index in [1.54, 1.807) is 24.3 Å². The summed E-state index contributed by atoms with van der Waals surface area (Å²) in [6.07, 6.45) is 2.94. The van der Waals surface area contributed by atoms with Gasteiger partial charge in [0.1, 0.15) is 0 Å². The molecule has 0 aromatic heterocycles. The number of benzene rings is 1. The van der Waals surface area contributed by atoms with Crippen LogP contribution in [-0.4, -0.2) is 48.8 Å². The molecular formula is C20H26N2O4. The van der Waals surface area contributed by atoms with Crippen LogP contribution in [-0.2, 0) is 14.3 Å². The van der Waals surface area contributed by atoms with E-state index in [0.29, 0.717) is 50.4 Å². The molecule has 6 heteroatoms. The van der Waals surface area contributed by atoms with Crippen molar-refractivity contribution in [3.8, 4) is 0 Å². The maximum Gasteiger partial charge on any atom is 0.227 e. The van der Waals surface area contributed by atoms with Gasteiger partial charge in [0, 0.05) is 49.4 Å². The van der Waals surface area contributed by atoms with Crippen molar-refractivity contribution in [2.75, 3.05) is 31.6 Å². The van der Waals surface area contributed by atoms with Gasteiger partial charge >= 0.3 is 0 Å². The van der Waals surface area contributed by atoms with Gasteiger partial charge in [-0.1, -0.05) is 12.1 Å². The first kappa shape index (κ1) is 18.6. The number of amides is 2. The fraction of sp³-hybridized carbons (Fsp3) is 0.550. The molecule has 3 rings (SSSR count). The number of ether oxygens (including phenoxy) is 1. The Balaban J connectivity index is 1.51. The van der Waals surface area contributed by atoms with Gasteiger partial charge in [-0.2, -0.15) is 0 Å². The highest BCUT2D eigenvalue weighted by molar-refractivity contribution is 5.97. The fourth-order valence-corrected chi connectivity index (χ4v) is 3.63. The quantitative estimate of drug-likeness (QED) is 0.839. The maximum absolute atomic E-state index is 12.6. The van der Waals surface area contributed by atoms with Crippen molar-refractivity contribution in [1.29, 1.82) is 0 Å². The molecule has 2 aliphatic rings. The average Bonchev–Trinajstić information content (AvgIpc) is 2.68. The van der Waals surface area contributed by atoms with E-state index in [9.17, 15) is 14.4 Å². The molecule has 0 bridgehead atoms. The van der Waals surface area contributed by atoms with Crippen LogP contribution in [0.5, 0.6) is 0 Å². The topological polar surface area (TPSA) is 75.7 Å². The van der Waals surface area contributed by atoms with Crippen LogP contribution in [0.25, 0.3) is 0 Å². The highest BCUT2D eigenvalue weighted by atomic mass is 16.5. The Morgan fingerprint density at radius 2 is 1.73 bits per heavy atom. The number of carbonyl (C=O) groups is 3. The number of likely N-dealkylation sites (tertiary alicyclic amines) is 1. The first-order valence-electron chi connectivity index (χ1n) is 9.33. The van der Waals surface area contributed by atoms with Crippen molar-refractivity contribution in [2.45, 2.75) is 32.6 Å². The summed E-state index contributed by atoms with van der Waals surface area (Å²) >= 11 is 0. The molecule has 2 aliphatic heterocycles. The Hall–Kier alpha value is -2.21. The Kier molecular flexibility index (Phi) is 6.04. The van der Waals surface area contributed by atoms with Crippen LogP contribution in [0.3, 0.4) is 0 Å². The molecule has 1 aromatic rings. The summed E-state index contributed by atoms with van der Waals surface area (Å²) in [5.74, 6) is 0.115. The first-order valence-corrected chi connectivity index (χ1v) is 9.33. The average molecular weight is 358 g/mol. The molecule has 2 saturated heterocycles. The zero-order valence-electron chi connectivity index (χ0n) is 15.2. The van der Waals surface area contributed by atoms with Crippen molar-refractivity contribution in [3.63, 3.8) is 0 Å². The van der Waals surface area contributed by atoms with E-state index < -0.39 is 0 Å². The summed E-state index contributed by atoms with van der Waals surface area (Å²) in [6, 6.07) is 6.98. The lowest BCUT2D eigenvalue weighted by atomic mass is 9.93. The number of ketones is 1. The summed E-state index contributed by atoms with van der Waals surface area (Å²) in [4.78, 5) is 38.4. The summed E-state index contributed by atoms with van der Waals surface area (Å²) in [7, 11) is 0. The Morgan fingerprint density at radius 1 is 1.04 bits per heavy atom. The minimum atomic E-state index is -0.102. The lowest BCUT2D eigenvalue weighted by molar-refractivity contribution is -0.141. The van der Waals surface area contributed by atoms with E-state index in [4.69, 9.17) is 4.74 Å². The van der Waals surface area contributed by atoms with E-state index in [2.05, 4.69) is 5.32 Å². The van der Waals surface area contributed by atoms with E-state index in [1.165, 1.54) is 6.92 Å². The maximum atomic E-state index is 12.6. The van der Waals surface area contributed by atoms with E-state index in [-0.39, 0.29) is 29.4 Å². The first-order chi connectivity index (χ1) is 12.5. The van der Waals surface area contributed by atoms with Crippen LogP contribution in [0.2, 0.25) is 0 Å². The molecule has 6 nitrogen and oxygen atoms in total. The predicted molar refractivity (Wildman–Crippen MR) is 97.9 cm³/mol. The fourth-order valence-electron chi connectivity index (χ4n) is 3.63. The number of carbonyl (C=O) groups excluding carboxylic acids is 3. The lowest BCUT2D eigenvalue weighted by Gasteiger charge is -2.34. The van der Waals surface area contributed by atoms with E-state index in [1.807, 2.05) is 4.90 Å². The van der Waals surface area contributed by atoms with Crippen LogP contribution in [0, 0.1) is 11.8 Å². The molecule has 0 unspecified atom stereocenters. The largest absolute Gasteiger partial charge is 0.381 e. The normalized spacial score (nSPS) is 19.2. The molecule has 0 saturated carbocycles. The van der Waals surface area contributed by atoms with Gasteiger partial charge in [-0.15, -0.1) is 0 Å². The molecule has 140 valence electrons. The van der Waals surface area contributed by atoms with Gasteiger partial charge < -0.3 is 15.0 Å². The SMILES string of the molecule is CC(=O)c1cccc(NC(=O)C2CCN(C(=O)C3CCOCC3)CC2)c1. The summed E-state index contributed by atoms with van der Waals surface area (Å²) in [5, 5.41) is 2.90. The Morgan fingerprint density at radius 3 is 2.38 bits per heavy atom. The summed E-state index contributed by atoms with van der Waals surface area (Å²) < 4.78 is 5.32. The third kappa shape index (κ3) is 4.49. The number of Topliss-reactive ketones (excluding diaryl/α,β-unsaturated/α-hetero) is 1. The second-order valence-corrected chi connectivity index (χ2v) is 7.11. The Labute approximate surface area is 153 Å². The number of anilines is 1. The standard InChI is InChI=1S/C20H26N2O4/c1-14(23)17-3-2-4-18(13-17)21-19(24)15-5-9-22(10-6-15)20(25)16-7-11-26-12-8-16/h2-4,13,15-16H,5-12H2,1H3,(H,21,24). The predicted octanol–water partition coefficient (Wildman–Crippen LogP) is 2.49. The molecule has 2 amide bonds. The second-order valence-electron chi connectivity index (χ2n) is 7.11. The third-order valence-electron chi connectivity index (χ3n) is 5.28. The summed E-state index contributed by atoms with van der Waals surface area (Å²) in [5.41, 5.74) is 1.23. The number of hydrogen-bond acceptors (Lipinski definition) is 4. The molecule has 0 radical (unpaired) electrons. The lowest BCUT2D eigenvalue weighted by Crippen LogP contribution is -2.45. The molecule has 0 aliphatic carbocycles. The van der Waals surface area contributed by atoms with E-state index in [0.717, 1.165) is 12.8 Å². The number of hydrogen-bond donors (Lipinski definition) is 1. The molecule has 2 fully saturated rings. The highest BCUT2D eigenvalue weighted by Gasteiger charge is 2.31. The molecule has 2 heterocycles. The number of nitrogens with one attached hydrogen (secondary N) is 1. The van der Waals surface area contributed by atoms with Gasteiger partial charge in [0.2, 0.25) is 11.8 Å². The minimum Gasteiger partial charge on any atom is -0.381 e. The zero-order chi connectivity index (χ0) is 18.5. The number of nitrogens with zero attached hydrogens (tertiary/aromatic N) is 1. The number of piperidine rings is 1. The third-order valence-corrected chi connectivity index (χ3v) is 5.28. The van der Waals surface area contributed by atoms with Crippen molar-refractivity contribution in [3.05, 3.63) is 29.8 Å². The molecule has 0 spiro atoms. The molecule has 1 aromatic carbocycles. The van der Waals surface area contributed by atoms with Crippen molar-refractivity contribution in [1.82, 2.24) is 4.90 Å². The van der Waals surface area contributed by atoms with Crippen LogP contribution in [0.4, 0.5) is 5.69 Å². The van der Waals surface area contributed by atoms with Crippen LogP contribution >= 0.6 is 0 Å². The van der Waals surface area contributed by atoms with Crippen LogP contribution in [0.15, 0.2) is 24.3 Å². The van der Waals surface area contributed by atoms with E-state index >= 15 is 0 Å². The van der Waals surface area contributed by atoms with Crippen molar-refractivity contribution >= 4 is 23.3 Å². The highest BCUT2D eigenvalue weighted by Crippen LogP contribution is 2.24. The van der Waals surface area contributed by atoms with Crippen molar-refractivity contribution in [2.24, 2.45) is 11.8 Å². The van der Waals surface area contributed by atoms with Gasteiger partial charge in [0.25, 0.3) is 0 Å². The van der Waals surface area contributed by atoms with Crippen LogP contribution in [0.1, 0.15) is 43.0 Å². The van der Waals surface area contributed by atoms with Crippen molar-refractivity contribution < 1.29 is 19.1 Å². The molecular weight excluding hydrogens is 332 g/mol. The Bertz CT molecular complexity index is 674. The zero-order valence-corrected chi connectivity index (χ0v) is 15.2. The molecule has 0 atom stereocenters.